The molecular formula is C15H19NO5. The number of hydrogen-bond acceptors (Lipinski definition) is 4. The first-order valence-corrected chi connectivity index (χ1v) is 6.66. The number of carbonyl (C=O) groups excluding carboxylic acids is 2. The summed E-state index contributed by atoms with van der Waals surface area (Å²) in [5.41, 5.74) is 0.615. The lowest BCUT2D eigenvalue weighted by atomic mass is 10.1. The molecule has 1 rings (SSSR count). The average Bonchev–Trinajstić information content (AvgIpc) is 2.44. The summed E-state index contributed by atoms with van der Waals surface area (Å²) in [7, 11) is 0. The minimum absolute atomic E-state index is 0.00855. The van der Waals surface area contributed by atoms with Gasteiger partial charge in [-0.25, -0.2) is 0 Å². The minimum Gasteiger partial charge on any atom is -0.494 e. The summed E-state index contributed by atoms with van der Waals surface area (Å²) in [6.45, 7) is 3.24. The third-order valence-electron chi connectivity index (χ3n) is 2.83. The summed E-state index contributed by atoms with van der Waals surface area (Å²) in [5, 5.41) is 11.0. The Morgan fingerprint density at radius 1 is 1.24 bits per heavy atom. The molecule has 0 saturated carbocycles. The van der Waals surface area contributed by atoms with Crippen molar-refractivity contribution in [3.05, 3.63) is 29.8 Å². The molecule has 0 unspecified atom stereocenters. The highest BCUT2D eigenvalue weighted by Crippen LogP contribution is 2.13. The van der Waals surface area contributed by atoms with Gasteiger partial charge in [-0.2, -0.15) is 0 Å². The summed E-state index contributed by atoms with van der Waals surface area (Å²) in [6.07, 6.45) is 0.676. The number of benzene rings is 1. The van der Waals surface area contributed by atoms with Crippen LogP contribution < -0.4 is 10.1 Å². The maximum absolute atomic E-state index is 11.4. The summed E-state index contributed by atoms with van der Waals surface area (Å²) >= 11 is 0. The number of amides is 1. The highest BCUT2D eigenvalue weighted by Gasteiger charge is 2.13. The van der Waals surface area contributed by atoms with E-state index >= 15 is 0 Å². The van der Waals surface area contributed by atoms with Crippen molar-refractivity contribution in [2.45, 2.75) is 32.7 Å². The number of ketones is 1. The Balaban J connectivity index is 2.26. The number of hydrogen-bond donors (Lipinski definition) is 2. The van der Waals surface area contributed by atoms with E-state index < -0.39 is 12.0 Å². The van der Waals surface area contributed by atoms with Gasteiger partial charge in [0.1, 0.15) is 11.8 Å². The van der Waals surface area contributed by atoms with Crippen LogP contribution in [0, 0.1) is 0 Å². The monoisotopic (exact) mass is 293 g/mol. The van der Waals surface area contributed by atoms with Crippen LogP contribution in [0.15, 0.2) is 24.3 Å². The van der Waals surface area contributed by atoms with Crippen molar-refractivity contribution in [2.75, 3.05) is 6.61 Å². The normalized spacial score (nSPS) is 11.5. The van der Waals surface area contributed by atoms with Gasteiger partial charge < -0.3 is 15.2 Å². The molecule has 2 N–H and O–H groups in total. The smallest absolute Gasteiger partial charge is 0.325 e. The van der Waals surface area contributed by atoms with Crippen molar-refractivity contribution in [2.24, 2.45) is 0 Å². The molecule has 6 heteroatoms. The van der Waals surface area contributed by atoms with Gasteiger partial charge in [-0.05, 0) is 44.5 Å². The molecule has 0 fully saturated rings. The number of nitrogens with one attached hydrogen (secondary N) is 1. The van der Waals surface area contributed by atoms with Crippen LogP contribution in [-0.4, -0.2) is 35.4 Å². The Morgan fingerprint density at radius 3 is 2.38 bits per heavy atom. The first-order chi connectivity index (χ1) is 9.90. The van der Waals surface area contributed by atoms with Crippen molar-refractivity contribution in [1.82, 2.24) is 5.32 Å². The molecule has 0 saturated heterocycles. The number of carbonyl (C=O) groups is 3. The molecule has 1 amide bonds. The average molecular weight is 293 g/mol. The van der Waals surface area contributed by atoms with Crippen LogP contribution in [0.2, 0.25) is 0 Å². The van der Waals surface area contributed by atoms with Gasteiger partial charge in [0.2, 0.25) is 5.91 Å². The molecule has 21 heavy (non-hydrogen) atoms. The second kappa shape index (κ2) is 8.04. The van der Waals surface area contributed by atoms with Gasteiger partial charge in [-0.15, -0.1) is 0 Å². The Labute approximate surface area is 123 Å². The molecular weight excluding hydrogens is 274 g/mol. The second-order valence-corrected chi connectivity index (χ2v) is 4.66. The van der Waals surface area contributed by atoms with Gasteiger partial charge in [0, 0.05) is 12.0 Å². The number of rotatable bonds is 8. The van der Waals surface area contributed by atoms with Crippen molar-refractivity contribution < 1.29 is 24.2 Å². The topological polar surface area (TPSA) is 92.7 Å². The van der Waals surface area contributed by atoms with E-state index in [0.717, 1.165) is 0 Å². The lowest BCUT2D eigenvalue weighted by Gasteiger charge is -2.09. The number of Topliss-reactive ketones (excluding diaryl/α,β-unsaturated/α-hetero) is 1. The van der Waals surface area contributed by atoms with Crippen LogP contribution in [0.1, 0.15) is 37.0 Å². The van der Waals surface area contributed by atoms with Crippen molar-refractivity contribution in [1.29, 1.82) is 0 Å². The van der Waals surface area contributed by atoms with Crippen LogP contribution in [0.4, 0.5) is 0 Å². The van der Waals surface area contributed by atoms with E-state index in [4.69, 9.17) is 9.84 Å². The molecule has 0 bridgehead atoms. The summed E-state index contributed by atoms with van der Waals surface area (Å²) in [5.74, 6) is -0.768. The van der Waals surface area contributed by atoms with Crippen molar-refractivity contribution in [3.8, 4) is 5.75 Å². The molecule has 0 heterocycles. The number of carboxylic acid groups (broad SMARTS) is 1. The molecule has 0 aliphatic rings. The largest absolute Gasteiger partial charge is 0.494 e. The Morgan fingerprint density at radius 2 is 1.86 bits per heavy atom. The van der Waals surface area contributed by atoms with Crippen molar-refractivity contribution >= 4 is 17.7 Å². The molecule has 0 radical (unpaired) electrons. The van der Waals surface area contributed by atoms with E-state index in [2.05, 4.69) is 5.32 Å². The first kappa shape index (κ1) is 16.7. The highest BCUT2D eigenvalue weighted by atomic mass is 16.5. The molecule has 114 valence electrons. The molecule has 1 aromatic rings. The standard InChI is InChI=1S/C15H19NO5/c1-10(15(19)20)16-14(18)4-3-9-21-13-7-5-12(6-8-13)11(2)17/h5-8,10H,3-4,9H2,1-2H3,(H,16,18)(H,19,20)/t10-/m1/s1. The third-order valence-corrected chi connectivity index (χ3v) is 2.83. The van der Waals surface area contributed by atoms with E-state index in [1.807, 2.05) is 0 Å². The first-order valence-electron chi connectivity index (χ1n) is 6.66. The zero-order valence-corrected chi connectivity index (χ0v) is 12.1. The predicted octanol–water partition coefficient (Wildman–Crippen LogP) is 1.64. The molecule has 0 aromatic heterocycles. The minimum atomic E-state index is -1.06. The number of aliphatic carboxylic acids is 1. The zero-order chi connectivity index (χ0) is 15.8. The van der Waals surface area contributed by atoms with E-state index in [9.17, 15) is 14.4 Å². The summed E-state index contributed by atoms with van der Waals surface area (Å²) in [4.78, 5) is 33.1. The van der Waals surface area contributed by atoms with E-state index in [1.165, 1.54) is 13.8 Å². The van der Waals surface area contributed by atoms with Gasteiger partial charge >= 0.3 is 5.97 Å². The van der Waals surface area contributed by atoms with E-state index in [1.54, 1.807) is 24.3 Å². The zero-order valence-electron chi connectivity index (χ0n) is 12.1. The number of carboxylic acids is 1. The van der Waals surface area contributed by atoms with Gasteiger partial charge in [-0.1, -0.05) is 0 Å². The van der Waals surface area contributed by atoms with Gasteiger partial charge in [0.15, 0.2) is 5.78 Å². The molecule has 1 atom stereocenters. The second-order valence-electron chi connectivity index (χ2n) is 4.66. The van der Waals surface area contributed by atoms with Crippen LogP contribution in [-0.2, 0) is 9.59 Å². The molecule has 6 nitrogen and oxygen atoms in total. The fraction of sp³-hybridized carbons (Fsp3) is 0.400. The van der Waals surface area contributed by atoms with E-state index in [0.29, 0.717) is 24.3 Å². The van der Waals surface area contributed by atoms with Gasteiger partial charge in [0.25, 0.3) is 0 Å². The Hall–Kier alpha value is -2.37. The molecule has 1 aromatic carbocycles. The molecule has 0 spiro atoms. The quantitative estimate of drug-likeness (QED) is 0.561. The molecule has 0 aliphatic carbocycles. The summed E-state index contributed by atoms with van der Waals surface area (Å²) < 4.78 is 5.44. The Bertz CT molecular complexity index is 509. The van der Waals surface area contributed by atoms with Gasteiger partial charge in [0.05, 0.1) is 6.61 Å². The predicted molar refractivity (Wildman–Crippen MR) is 76.4 cm³/mol. The van der Waals surface area contributed by atoms with E-state index in [-0.39, 0.29) is 18.1 Å². The Kier molecular flexibility index (Phi) is 6.39. The fourth-order valence-corrected chi connectivity index (χ4v) is 1.58. The lowest BCUT2D eigenvalue weighted by molar-refractivity contribution is -0.141. The van der Waals surface area contributed by atoms with Crippen LogP contribution in [0.3, 0.4) is 0 Å². The third kappa shape index (κ3) is 6.07. The van der Waals surface area contributed by atoms with Crippen molar-refractivity contribution in [3.63, 3.8) is 0 Å². The van der Waals surface area contributed by atoms with Crippen LogP contribution in [0.5, 0.6) is 5.75 Å². The SMILES string of the molecule is CC(=O)c1ccc(OCCCC(=O)N[C@H](C)C(=O)O)cc1. The van der Waals surface area contributed by atoms with Gasteiger partial charge in [-0.3, -0.25) is 14.4 Å². The highest BCUT2D eigenvalue weighted by molar-refractivity contribution is 5.94. The lowest BCUT2D eigenvalue weighted by Crippen LogP contribution is -2.38. The fourth-order valence-electron chi connectivity index (χ4n) is 1.58. The van der Waals surface area contributed by atoms with Crippen LogP contribution in [0.25, 0.3) is 0 Å². The number of ether oxygens (including phenoxy) is 1. The summed E-state index contributed by atoms with van der Waals surface area (Å²) in [6, 6.07) is 5.86. The maximum Gasteiger partial charge on any atom is 0.325 e. The van der Waals surface area contributed by atoms with Crippen LogP contribution >= 0.6 is 0 Å². The molecule has 0 aliphatic heterocycles. The maximum atomic E-state index is 11.4.